The molecule has 130 valence electrons. The van der Waals surface area contributed by atoms with Crippen LogP contribution in [0.2, 0.25) is 0 Å². The Bertz CT molecular complexity index is 1090. The predicted octanol–water partition coefficient (Wildman–Crippen LogP) is 4.47. The molecule has 0 unspecified atom stereocenters. The fourth-order valence-electron chi connectivity index (χ4n) is 3.84. The molecular weight excluding hydrogens is 322 g/mol. The fourth-order valence-corrected chi connectivity index (χ4v) is 3.84. The number of nitrogens with zero attached hydrogens (tertiary/aromatic N) is 2. The molecule has 0 spiro atoms. The van der Waals surface area contributed by atoms with E-state index < -0.39 is 0 Å². The molecule has 2 heterocycles. The molecule has 5 rings (SSSR count). The number of hydrogen-bond acceptors (Lipinski definition) is 2. The third kappa shape index (κ3) is 2.45. The van der Waals surface area contributed by atoms with Crippen molar-refractivity contribution in [3.8, 4) is 11.3 Å². The number of anilines is 1. The molecule has 0 atom stereocenters. The first-order chi connectivity index (χ1) is 12.6. The van der Waals surface area contributed by atoms with E-state index in [0.717, 1.165) is 30.2 Å². The Balaban J connectivity index is 1.57. The minimum absolute atomic E-state index is 0.0919. The average Bonchev–Trinajstić information content (AvgIpc) is 3.30. The molecule has 1 amide bonds. The van der Waals surface area contributed by atoms with E-state index in [9.17, 15) is 4.79 Å². The number of rotatable bonds is 3. The first-order valence-electron chi connectivity index (χ1n) is 9.17. The molecule has 26 heavy (non-hydrogen) atoms. The highest BCUT2D eigenvalue weighted by atomic mass is 16.2. The number of hydrogen-bond donors (Lipinski definition) is 1. The maximum Gasteiger partial charge on any atom is 0.228 e. The summed E-state index contributed by atoms with van der Waals surface area (Å²) in [6, 6.07) is 8.74. The second-order valence-electron chi connectivity index (χ2n) is 7.45. The van der Waals surface area contributed by atoms with Gasteiger partial charge in [0.25, 0.3) is 0 Å². The highest BCUT2D eigenvalue weighted by Gasteiger charge is 2.29. The van der Waals surface area contributed by atoms with Crippen LogP contribution in [-0.4, -0.2) is 15.5 Å². The van der Waals surface area contributed by atoms with Crippen LogP contribution >= 0.6 is 0 Å². The van der Waals surface area contributed by atoms with E-state index in [1.807, 2.05) is 12.3 Å². The van der Waals surface area contributed by atoms with E-state index in [1.165, 1.54) is 27.9 Å². The molecule has 0 radical (unpaired) electrons. The molecule has 2 aliphatic rings. The molecule has 2 aromatic heterocycles. The van der Waals surface area contributed by atoms with Crippen molar-refractivity contribution in [2.24, 2.45) is 13.0 Å². The third-order valence-electron chi connectivity index (χ3n) is 5.53. The molecule has 1 fully saturated rings. The minimum Gasteiger partial charge on any atom is -0.342 e. The summed E-state index contributed by atoms with van der Waals surface area (Å²) < 4.78 is 2.18. The van der Waals surface area contributed by atoms with Crippen LogP contribution in [-0.2, 0) is 18.3 Å². The standard InChI is InChI=1S/C22H21N3O/c1-13-8-15-4-3-5-16(15)9-18(13)19-10-17-11-21(23-12-20(17)25(19)2)24-22(26)14-6-7-14/h3,5,8-12,14H,4,6-7H2,1-2H3,(H,23,24,26). The lowest BCUT2D eigenvalue weighted by Crippen LogP contribution is -2.14. The molecule has 1 saturated carbocycles. The lowest BCUT2D eigenvalue weighted by molar-refractivity contribution is -0.117. The number of nitrogens with one attached hydrogen (secondary N) is 1. The summed E-state index contributed by atoms with van der Waals surface area (Å²) in [5.41, 5.74) is 7.49. The smallest absolute Gasteiger partial charge is 0.228 e. The van der Waals surface area contributed by atoms with Crippen molar-refractivity contribution in [3.63, 3.8) is 0 Å². The molecule has 1 aromatic carbocycles. The largest absolute Gasteiger partial charge is 0.342 e. The van der Waals surface area contributed by atoms with Gasteiger partial charge >= 0.3 is 0 Å². The van der Waals surface area contributed by atoms with Gasteiger partial charge in [0, 0.05) is 29.6 Å². The monoisotopic (exact) mass is 343 g/mol. The van der Waals surface area contributed by atoms with Gasteiger partial charge in [-0.3, -0.25) is 4.79 Å². The Morgan fingerprint density at radius 2 is 2.08 bits per heavy atom. The van der Waals surface area contributed by atoms with Crippen LogP contribution in [0.15, 0.2) is 36.5 Å². The van der Waals surface area contributed by atoms with Gasteiger partial charge in [-0.15, -0.1) is 0 Å². The SMILES string of the molecule is Cc1cc2c(cc1-c1cc3cc(NC(=O)C4CC4)ncc3n1C)C=CC2. The van der Waals surface area contributed by atoms with E-state index >= 15 is 0 Å². The highest BCUT2D eigenvalue weighted by molar-refractivity contribution is 5.96. The van der Waals surface area contributed by atoms with Crippen LogP contribution in [0.4, 0.5) is 5.82 Å². The van der Waals surface area contributed by atoms with Gasteiger partial charge in [0.15, 0.2) is 0 Å². The number of fused-ring (bicyclic) bond motifs is 2. The summed E-state index contributed by atoms with van der Waals surface area (Å²) >= 11 is 0. The van der Waals surface area contributed by atoms with E-state index in [0.29, 0.717) is 5.82 Å². The maximum absolute atomic E-state index is 12.0. The van der Waals surface area contributed by atoms with E-state index in [4.69, 9.17) is 0 Å². The van der Waals surface area contributed by atoms with Gasteiger partial charge in [-0.05, 0) is 61.1 Å². The quantitative estimate of drug-likeness (QED) is 0.763. The summed E-state index contributed by atoms with van der Waals surface area (Å²) in [5.74, 6) is 0.912. The Morgan fingerprint density at radius 3 is 2.88 bits per heavy atom. The molecule has 3 aromatic rings. The van der Waals surface area contributed by atoms with Crippen LogP contribution in [0, 0.1) is 12.8 Å². The molecule has 0 aliphatic heterocycles. The zero-order valence-electron chi connectivity index (χ0n) is 15.0. The summed E-state index contributed by atoms with van der Waals surface area (Å²) in [6.07, 6.45) is 9.29. The second-order valence-corrected chi connectivity index (χ2v) is 7.45. The number of amides is 1. The predicted molar refractivity (Wildman–Crippen MR) is 105 cm³/mol. The van der Waals surface area contributed by atoms with Crippen LogP contribution in [0.1, 0.15) is 29.5 Å². The molecule has 2 aliphatic carbocycles. The summed E-state index contributed by atoms with van der Waals surface area (Å²) in [5, 5.41) is 4.04. The highest BCUT2D eigenvalue weighted by Crippen LogP contribution is 2.34. The van der Waals surface area contributed by atoms with E-state index in [-0.39, 0.29) is 11.8 Å². The normalized spacial score (nSPS) is 15.5. The topological polar surface area (TPSA) is 46.9 Å². The Labute approximate surface area is 152 Å². The molecule has 0 bridgehead atoms. The third-order valence-corrected chi connectivity index (χ3v) is 5.53. The zero-order chi connectivity index (χ0) is 17.8. The molecule has 4 nitrogen and oxygen atoms in total. The minimum atomic E-state index is 0.0919. The molecule has 1 N–H and O–H groups in total. The van der Waals surface area contributed by atoms with Crippen molar-refractivity contribution in [3.05, 3.63) is 53.2 Å². The number of benzene rings is 1. The second kappa shape index (κ2) is 5.56. The van der Waals surface area contributed by atoms with Gasteiger partial charge in [0.2, 0.25) is 5.91 Å². The van der Waals surface area contributed by atoms with Crippen LogP contribution < -0.4 is 5.32 Å². The number of carbonyl (C=O) groups is 1. The number of carbonyl (C=O) groups excluding carboxylic acids is 1. The maximum atomic E-state index is 12.0. The summed E-state index contributed by atoms with van der Waals surface area (Å²) in [4.78, 5) is 16.4. The Hall–Kier alpha value is -2.88. The number of allylic oxidation sites excluding steroid dienone is 1. The number of aromatic nitrogens is 2. The van der Waals surface area contributed by atoms with Gasteiger partial charge in [-0.25, -0.2) is 4.98 Å². The van der Waals surface area contributed by atoms with Crippen LogP contribution in [0.25, 0.3) is 28.2 Å². The Kier molecular flexibility index (Phi) is 3.29. The number of aryl methyl sites for hydroxylation is 2. The fraction of sp³-hybridized carbons (Fsp3) is 0.273. The average molecular weight is 343 g/mol. The van der Waals surface area contributed by atoms with Crippen molar-refractivity contribution < 1.29 is 4.79 Å². The van der Waals surface area contributed by atoms with Crippen molar-refractivity contribution in [2.45, 2.75) is 26.2 Å². The van der Waals surface area contributed by atoms with Gasteiger partial charge < -0.3 is 9.88 Å². The van der Waals surface area contributed by atoms with Crippen LogP contribution in [0.3, 0.4) is 0 Å². The first-order valence-corrected chi connectivity index (χ1v) is 9.17. The summed E-state index contributed by atoms with van der Waals surface area (Å²) in [7, 11) is 2.07. The van der Waals surface area contributed by atoms with Gasteiger partial charge in [-0.1, -0.05) is 18.2 Å². The van der Waals surface area contributed by atoms with Gasteiger partial charge in [-0.2, -0.15) is 0 Å². The van der Waals surface area contributed by atoms with Crippen LogP contribution in [0.5, 0.6) is 0 Å². The summed E-state index contributed by atoms with van der Waals surface area (Å²) in [6.45, 7) is 2.17. The van der Waals surface area contributed by atoms with Crippen molar-refractivity contribution in [2.75, 3.05) is 5.32 Å². The molecular formula is C22H21N3O. The van der Waals surface area contributed by atoms with E-state index in [1.54, 1.807) is 0 Å². The zero-order valence-corrected chi connectivity index (χ0v) is 15.0. The number of pyridine rings is 1. The van der Waals surface area contributed by atoms with Gasteiger partial charge in [0.05, 0.1) is 11.7 Å². The van der Waals surface area contributed by atoms with Gasteiger partial charge in [0.1, 0.15) is 5.82 Å². The van der Waals surface area contributed by atoms with Crippen molar-refractivity contribution in [1.82, 2.24) is 9.55 Å². The molecule has 4 heteroatoms. The van der Waals surface area contributed by atoms with Crippen molar-refractivity contribution in [1.29, 1.82) is 0 Å². The van der Waals surface area contributed by atoms with Crippen molar-refractivity contribution >= 4 is 28.7 Å². The first kappa shape index (κ1) is 15.4. The lowest BCUT2D eigenvalue weighted by Gasteiger charge is -2.11. The van der Waals surface area contributed by atoms with E-state index in [2.05, 4.69) is 59.2 Å². The lowest BCUT2D eigenvalue weighted by atomic mass is 9.98. The molecule has 0 saturated heterocycles. The Morgan fingerprint density at radius 1 is 1.23 bits per heavy atom.